The first-order valence-corrected chi connectivity index (χ1v) is 6.53. The Labute approximate surface area is 120 Å². The van der Waals surface area contributed by atoms with Crippen LogP contribution >= 0.6 is 0 Å². The predicted octanol–water partition coefficient (Wildman–Crippen LogP) is 0.0939. The fourth-order valence-electron chi connectivity index (χ4n) is 2.23. The van der Waals surface area contributed by atoms with Gasteiger partial charge in [-0.25, -0.2) is 9.67 Å². The number of aromatic nitrogens is 4. The Bertz CT molecular complexity index is 675. The zero-order valence-electron chi connectivity index (χ0n) is 11.5. The van der Waals surface area contributed by atoms with Crippen LogP contribution in [0.25, 0.3) is 0 Å². The summed E-state index contributed by atoms with van der Waals surface area (Å²) in [6.45, 7) is 0.868. The number of rotatable bonds is 4. The summed E-state index contributed by atoms with van der Waals surface area (Å²) >= 11 is 0. The lowest BCUT2D eigenvalue weighted by molar-refractivity contribution is 0.182. The van der Waals surface area contributed by atoms with Crippen molar-refractivity contribution >= 4 is 5.95 Å². The quantitative estimate of drug-likeness (QED) is 0.853. The molecule has 0 radical (unpaired) electrons. The Morgan fingerprint density at radius 1 is 1.38 bits per heavy atom. The summed E-state index contributed by atoms with van der Waals surface area (Å²) < 4.78 is 11.9. The topological polar surface area (TPSA) is 91.2 Å². The minimum atomic E-state index is -0.200. The van der Waals surface area contributed by atoms with Gasteiger partial charge in [0.05, 0.1) is 26.4 Å². The van der Waals surface area contributed by atoms with E-state index in [1.807, 2.05) is 0 Å². The second kappa shape index (κ2) is 5.88. The maximum Gasteiger partial charge on any atom is 0.267 e. The first-order valence-electron chi connectivity index (χ1n) is 6.53. The SMILES string of the molecule is COc1ccnc(NC2COCC2n2ncccc2=O)n1. The third kappa shape index (κ3) is 2.84. The Morgan fingerprint density at radius 2 is 2.29 bits per heavy atom. The van der Waals surface area contributed by atoms with Crippen molar-refractivity contribution in [1.82, 2.24) is 19.7 Å². The number of nitrogens with one attached hydrogen (secondary N) is 1. The van der Waals surface area contributed by atoms with E-state index in [1.54, 1.807) is 31.6 Å². The molecule has 1 N–H and O–H groups in total. The summed E-state index contributed by atoms with van der Waals surface area (Å²) in [5.41, 5.74) is -0.161. The molecule has 3 rings (SSSR count). The summed E-state index contributed by atoms with van der Waals surface area (Å²) in [4.78, 5) is 20.2. The molecule has 2 aromatic rings. The van der Waals surface area contributed by atoms with E-state index in [1.165, 1.54) is 10.7 Å². The summed E-state index contributed by atoms with van der Waals surface area (Å²) in [7, 11) is 1.54. The lowest BCUT2D eigenvalue weighted by atomic mass is 10.2. The van der Waals surface area contributed by atoms with Crippen LogP contribution in [0.4, 0.5) is 5.95 Å². The molecule has 0 amide bonds. The summed E-state index contributed by atoms with van der Waals surface area (Å²) in [6.07, 6.45) is 3.19. The van der Waals surface area contributed by atoms with E-state index in [-0.39, 0.29) is 17.6 Å². The minimum absolute atomic E-state index is 0.135. The Hall–Kier alpha value is -2.48. The van der Waals surface area contributed by atoms with Gasteiger partial charge in [0.15, 0.2) is 0 Å². The van der Waals surface area contributed by atoms with Crippen LogP contribution in [0.3, 0.4) is 0 Å². The van der Waals surface area contributed by atoms with E-state index in [9.17, 15) is 4.79 Å². The summed E-state index contributed by atoms with van der Waals surface area (Å²) in [6, 6.07) is 4.42. The molecule has 1 saturated heterocycles. The van der Waals surface area contributed by atoms with Crippen LogP contribution in [0.1, 0.15) is 6.04 Å². The van der Waals surface area contributed by atoms with Gasteiger partial charge in [0.2, 0.25) is 11.8 Å². The molecule has 0 spiro atoms. The van der Waals surface area contributed by atoms with Crippen molar-refractivity contribution in [3.05, 3.63) is 40.9 Å². The third-order valence-corrected chi connectivity index (χ3v) is 3.26. The highest BCUT2D eigenvalue weighted by atomic mass is 16.5. The van der Waals surface area contributed by atoms with Gasteiger partial charge >= 0.3 is 0 Å². The lowest BCUT2D eigenvalue weighted by Gasteiger charge is -2.19. The van der Waals surface area contributed by atoms with E-state index in [2.05, 4.69) is 20.4 Å². The van der Waals surface area contributed by atoms with Gasteiger partial charge in [-0.05, 0) is 6.07 Å². The normalized spacial score (nSPS) is 21.2. The van der Waals surface area contributed by atoms with Gasteiger partial charge in [-0.15, -0.1) is 0 Å². The third-order valence-electron chi connectivity index (χ3n) is 3.26. The van der Waals surface area contributed by atoms with Crippen LogP contribution in [0, 0.1) is 0 Å². The van der Waals surface area contributed by atoms with E-state index < -0.39 is 0 Å². The maximum atomic E-state index is 11.9. The monoisotopic (exact) mass is 289 g/mol. The Balaban J connectivity index is 1.81. The average molecular weight is 289 g/mol. The minimum Gasteiger partial charge on any atom is -0.481 e. The predicted molar refractivity (Wildman–Crippen MR) is 74.3 cm³/mol. The van der Waals surface area contributed by atoms with Gasteiger partial charge in [0, 0.05) is 24.5 Å². The second-order valence-electron chi connectivity index (χ2n) is 4.58. The van der Waals surface area contributed by atoms with Crippen molar-refractivity contribution in [1.29, 1.82) is 0 Å². The highest BCUT2D eigenvalue weighted by Crippen LogP contribution is 2.20. The standard InChI is InChI=1S/C13H15N5O3/c1-20-11-4-6-14-13(17-11)16-9-7-21-8-10(9)18-12(19)3-2-5-15-18/h2-6,9-10H,7-8H2,1H3,(H,14,16,17). The average Bonchev–Trinajstić information content (AvgIpc) is 2.96. The van der Waals surface area contributed by atoms with Crippen LogP contribution in [-0.4, -0.2) is 46.1 Å². The molecule has 8 nitrogen and oxygen atoms in total. The van der Waals surface area contributed by atoms with Crippen LogP contribution in [-0.2, 0) is 4.74 Å². The van der Waals surface area contributed by atoms with Crippen molar-refractivity contribution < 1.29 is 9.47 Å². The zero-order chi connectivity index (χ0) is 14.7. The second-order valence-corrected chi connectivity index (χ2v) is 4.58. The fourth-order valence-corrected chi connectivity index (χ4v) is 2.23. The van der Waals surface area contributed by atoms with Crippen LogP contribution in [0.5, 0.6) is 5.88 Å². The molecule has 21 heavy (non-hydrogen) atoms. The van der Waals surface area contributed by atoms with Crippen molar-refractivity contribution in [2.75, 3.05) is 25.6 Å². The Kier molecular flexibility index (Phi) is 3.78. The van der Waals surface area contributed by atoms with Gasteiger partial charge in [-0.3, -0.25) is 4.79 Å². The highest BCUT2D eigenvalue weighted by molar-refractivity contribution is 5.29. The first kappa shape index (κ1) is 13.5. The number of anilines is 1. The molecule has 0 saturated carbocycles. The molecular formula is C13H15N5O3. The molecule has 1 aliphatic heterocycles. The first-order chi connectivity index (χ1) is 10.3. The van der Waals surface area contributed by atoms with Crippen molar-refractivity contribution in [2.45, 2.75) is 12.1 Å². The molecule has 1 fully saturated rings. The number of nitrogens with zero attached hydrogens (tertiary/aromatic N) is 4. The highest BCUT2D eigenvalue weighted by Gasteiger charge is 2.31. The number of methoxy groups -OCH3 is 1. The molecule has 1 aliphatic rings. The maximum absolute atomic E-state index is 11.9. The van der Waals surface area contributed by atoms with E-state index in [0.29, 0.717) is 25.0 Å². The smallest absolute Gasteiger partial charge is 0.267 e. The van der Waals surface area contributed by atoms with Crippen molar-refractivity contribution in [3.8, 4) is 5.88 Å². The summed E-state index contributed by atoms with van der Waals surface area (Å²) in [5, 5.41) is 7.27. The van der Waals surface area contributed by atoms with Gasteiger partial charge in [-0.2, -0.15) is 10.1 Å². The van der Waals surface area contributed by atoms with Gasteiger partial charge in [0.1, 0.15) is 6.04 Å². The van der Waals surface area contributed by atoms with E-state index in [4.69, 9.17) is 9.47 Å². The van der Waals surface area contributed by atoms with Crippen molar-refractivity contribution in [3.63, 3.8) is 0 Å². The molecule has 0 aromatic carbocycles. The number of ether oxygens (including phenoxy) is 2. The number of hydrogen-bond acceptors (Lipinski definition) is 7. The van der Waals surface area contributed by atoms with Crippen LogP contribution < -0.4 is 15.6 Å². The molecule has 110 valence electrons. The van der Waals surface area contributed by atoms with Gasteiger partial charge in [0.25, 0.3) is 5.56 Å². The molecule has 3 heterocycles. The summed E-state index contributed by atoms with van der Waals surface area (Å²) in [5.74, 6) is 0.900. The van der Waals surface area contributed by atoms with Crippen LogP contribution in [0.2, 0.25) is 0 Å². The largest absolute Gasteiger partial charge is 0.481 e. The van der Waals surface area contributed by atoms with E-state index >= 15 is 0 Å². The zero-order valence-corrected chi connectivity index (χ0v) is 11.5. The molecule has 8 heteroatoms. The number of hydrogen-bond donors (Lipinski definition) is 1. The molecule has 2 atom stereocenters. The fraction of sp³-hybridized carbons (Fsp3) is 0.385. The Morgan fingerprint density at radius 3 is 3.10 bits per heavy atom. The lowest BCUT2D eigenvalue weighted by Crippen LogP contribution is -2.37. The van der Waals surface area contributed by atoms with E-state index in [0.717, 1.165) is 0 Å². The molecule has 0 bridgehead atoms. The molecular weight excluding hydrogens is 274 g/mol. The van der Waals surface area contributed by atoms with Gasteiger partial charge < -0.3 is 14.8 Å². The molecule has 2 unspecified atom stereocenters. The molecule has 2 aromatic heterocycles. The van der Waals surface area contributed by atoms with Crippen LogP contribution in [0.15, 0.2) is 35.4 Å². The van der Waals surface area contributed by atoms with Crippen molar-refractivity contribution in [2.24, 2.45) is 0 Å². The molecule has 0 aliphatic carbocycles. The van der Waals surface area contributed by atoms with Gasteiger partial charge in [-0.1, -0.05) is 0 Å².